The van der Waals surface area contributed by atoms with Gasteiger partial charge in [0.05, 0.1) is 13.2 Å². The zero-order chi connectivity index (χ0) is 15.5. The smallest absolute Gasteiger partial charge is 0.298 e. The van der Waals surface area contributed by atoms with Crippen LogP contribution in [0.15, 0.2) is 47.1 Å². The molecule has 3 heterocycles. The summed E-state index contributed by atoms with van der Waals surface area (Å²) in [4.78, 5) is 10.7. The molecule has 1 fully saturated rings. The first kappa shape index (κ1) is 14.0. The van der Waals surface area contributed by atoms with Crippen LogP contribution < -0.4 is 10.2 Å². The van der Waals surface area contributed by atoms with Gasteiger partial charge in [-0.05, 0) is 29.8 Å². The molecule has 3 aromatic rings. The van der Waals surface area contributed by atoms with Gasteiger partial charge >= 0.3 is 0 Å². The van der Waals surface area contributed by atoms with Crippen LogP contribution in [0.2, 0.25) is 0 Å². The van der Waals surface area contributed by atoms with Crippen molar-refractivity contribution in [3.63, 3.8) is 0 Å². The van der Waals surface area contributed by atoms with E-state index >= 15 is 0 Å². The van der Waals surface area contributed by atoms with E-state index in [-0.39, 0.29) is 0 Å². The summed E-state index contributed by atoms with van der Waals surface area (Å²) in [6, 6.07) is 10.7. The Labute approximate surface area is 134 Å². The van der Waals surface area contributed by atoms with Gasteiger partial charge in [0.2, 0.25) is 0 Å². The number of hydrogen-bond donors (Lipinski definition) is 1. The summed E-state index contributed by atoms with van der Waals surface area (Å²) in [5.41, 5.74) is 3.87. The lowest BCUT2D eigenvalue weighted by atomic mass is 10.2. The molecule has 23 heavy (non-hydrogen) atoms. The van der Waals surface area contributed by atoms with Crippen molar-refractivity contribution in [1.29, 1.82) is 0 Å². The topological polar surface area (TPSA) is 63.4 Å². The van der Waals surface area contributed by atoms with E-state index < -0.39 is 0 Å². The standard InChI is InChI=1S/C17H18N4O2/c1-2-15-16(23-17(20-15)21-7-9-22-10-8-21)11-14(1)19-12-13-3-5-18-6-4-13/h1-6,11,19H,7-10,12H2. The lowest BCUT2D eigenvalue weighted by Gasteiger charge is -2.24. The minimum Gasteiger partial charge on any atom is -0.423 e. The van der Waals surface area contributed by atoms with Crippen LogP contribution >= 0.6 is 0 Å². The summed E-state index contributed by atoms with van der Waals surface area (Å²) < 4.78 is 11.3. The van der Waals surface area contributed by atoms with Crippen LogP contribution in [-0.4, -0.2) is 36.3 Å². The van der Waals surface area contributed by atoms with Gasteiger partial charge in [-0.15, -0.1) is 0 Å². The molecule has 1 aliphatic heterocycles. The van der Waals surface area contributed by atoms with E-state index in [2.05, 4.69) is 20.2 Å². The second kappa shape index (κ2) is 6.26. The first-order chi connectivity index (χ1) is 11.4. The van der Waals surface area contributed by atoms with E-state index in [9.17, 15) is 0 Å². The van der Waals surface area contributed by atoms with Gasteiger partial charge in [-0.1, -0.05) is 0 Å². The average molecular weight is 310 g/mol. The van der Waals surface area contributed by atoms with Crippen LogP contribution in [0.3, 0.4) is 0 Å². The summed E-state index contributed by atoms with van der Waals surface area (Å²) >= 11 is 0. The van der Waals surface area contributed by atoms with E-state index in [1.54, 1.807) is 12.4 Å². The Hall–Kier alpha value is -2.60. The largest absolute Gasteiger partial charge is 0.423 e. The Bertz CT molecular complexity index is 782. The van der Waals surface area contributed by atoms with Gasteiger partial charge < -0.3 is 19.4 Å². The molecular formula is C17H18N4O2. The highest BCUT2D eigenvalue weighted by molar-refractivity contribution is 5.78. The third-order valence-corrected chi connectivity index (χ3v) is 3.90. The zero-order valence-electron chi connectivity index (χ0n) is 12.7. The molecule has 6 heteroatoms. The number of oxazole rings is 1. The average Bonchev–Trinajstić information content (AvgIpc) is 3.05. The Kier molecular flexibility index (Phi) is 3.81. The monoisotopic (exact) mass is 310 g/mol. The van der Waals surface area contributed by atoms with Crippen molar-refractivity contribution < 1.29 is 9.15 Å². The molecular weight excluding hydrogens is 292 g/mol. The van der Waals surface area contributed by atoms with Gasteiger partial charge in [-0.25, -0.2) is 0 Å². The third-order valence-electron chi connectivity index (χ3n) is 3.90. The molecule has 2 aromatic heterocycles. The molecule has 4 rings (SSSR count). The Balaban J connectivity index is 1.51. The van der Waals surface area contributed by atoms with E-state index in [0.717, 1.165) is 49.6 Å². The highest BCUT2D eigenvalue weighted by Gasteiger charge is 2.17. The quantitative estimate of drug-likeness (QED) is 0.799. The summed E-state index contributed by atoms with van der Waals surface area (Å²) in [5, 5.41) is 3.39. The minimum absolute atomic E-state index is 0.676. The predicted octanol–water partition coefficient (Wildman–Crippen LogP) is 2.67. The van der Waals surface area contributed by atoms with Gasteiger partial charge in [0.1, 0.15) is 5.52 Å². The summed E-state index contributed by atoms with van der Waals surface area (Å²) in [7, 11) is 0. The van der Waals surface area contributed by atoms with Crippen LogP contribution in [-0.2, 0) is 11.3 Å². The molecule has 0 atom stereocenters. The molecule has 0 unspecified atom stereocenters. The molecule has 1 aromatic carbocycles. The van der Waals surface area contributed by atoms with Crippen molar-refractivity contribution >= 4 is 22.8 Å². The number of pyridine rings is 1. The summed E-state index contributed by atoms with van der Waals surface area (Å²) in [5.74, 6) is 0. The van der Waals surface area contributed by atoms with Gasteiger partial charge in [-0.3, -0.25) is 4.98 Å². The van der Waals surface area contributed by atoms with Gasteiger partial charge in [0.25, 0.3) is 6.01 Å². The fourth-order valence-electron chi connectivity index (χ4n) is 2.62. The number of benzene rings is 1. The molecule has 1 N–H and O–H groups in total. The molecule has 118 valence electrons. The molecule has 0 radical (unpaired) electrons. The van der Waals surface area contributed by atoms with E-state index in [1.165, 1.54) is 5.56 Å². The molecule has 6 nitrogen and oxygen atoms in total. The molecule has 0 bridgehead atoms. The Morgan fingerprint density at radius 1 is 1.09 bits per heavy atom. The predicted molar refractivity (Wildman–Crippen MR) is 88.6 cm³/mol. The Morgan fingerprint density at radius 2 is 1.91 bits per heavy atom. The van der Waals surface area contributed by atoms with E-state index in [4.69, 9.17) is 9.15 Å². The fraction of sp³-hybridized carbons (Fsp3) is 0.294. The molecule has 0 amide bonds. The van der Waals surface area contributed by atoms with Crippen LogP contribution in [0, 0.1) is 0 Å². The van der Waals surface area contributed by atoms with Crippen molar-refractivity contribution in [1.82, 2.24) is 9.97 Å². The molecule has 1 saturated heterocycles. The second-order valence-electron chi connectivity index (χ2n) is 5.49. The first-order valence-corrected chi connectivity index (χ1v) is 7.74. The lowest BCUT2D eigenvalue weighted by Crippen LogP contribution is -2.36. The van der Waals surface area contributed by atoms with Crippen molar-refractivity contribution in [3.05, 3.63) is 48.3 Å². The molecule has 1 aliphatic rings. The zero-order valence-corrected chi connectivity index (χ0v) is 12.7. The molecule has 0 spiro atoms. The van der Waals surface area contributed by atoms with Crippen molar-refractivity contribution in [2.24, 2.45) is 0 Å². The number of ether oxygens (including phenoxy) is 1. The number of nitrogens with one attached hydrogen (secondary N) is 1. The van der Waals surface area contributed by atoms with Crippen LogP contribution in [0.4, 0.5) is 11.7 Å². The first-order valence-electron chi connectivity index (χ1n) is 7.74. The fourth-order valence-corrected chi connectivity index (χ4v) is 2.62. The van der Waals surface area contributed by atoms with Crippen LogP contribution in [0.25, 0.3) is 11.1 Å². The lowest BCUT2D eigenvalue weighted by molar-refractivity contribution is 0.120. The van der Waals surface area contributed by atoms with Crippen molar-refractivity contribution in [2.45, 2.75) is 6.54 Å². The maximum Gasteiger partial charge on any atom is 0.298 e. The van der Waals surface area contributed by atoms with Gasteiger partial charge in [-0.2, -0.15) is 4.98 Å². The number of rotatable bonds is 4. The number of aromatic nitrogens is 2. The SMILES string of the molecule is c1cc(CNc2ccc3nc(N4CCOCC4)oc3c2)ccn1. The molecule has 0 aliphatic carbocycles. The van der Waals surface area contributed by atoms with Crippen molar-refractivity contribution in [2.75, 3.05) is 36.5 Å². The maximum absolute atomic E-state index is 5.91. The van der Waals surface area contributed by atoms with Gasteiger partial charge in [0, 0.05) is 43.8 Å². The number of hydrogen-bond acceptors (Lipinski definition) is 6. The number of morpholine rings is 1. The van der Waals surface area contributed by atoms with E-state index in [1.807, 2.05) is 30.3 Å². The second-order valence-corrected chi connectivity index (χ2v) is 5.49. The number of fused-ring (bicyclic) bond motifs is 1. The minimum atomic E-state index is 0.676. The highest BCUT2D eigenvalue weighted by Crippen LogP contribution is 2.25. The van der Waals surface area contributed by atoms with Crippen LogP contribution in [0.1, 0.15) is 5.56 Å². The Morgan fingerprint density at radius 3 is 2.74 bits per heavy atom. The number of anilines is 2. The maximum atomic E-state index is 5.91. The summed E-state index contributed by atoms with van der Waals surface area (Å²) in [6.45, 7) is 3.83. The van der Waals surface area contributed by atoms with Crippen LogP contribution in [0.5, 0.6) is 0 Å². The molecule has 0 saturated carbocycles. The summed E-state index contributed by atoms with van der Waals surface area (Å²) in [6.07, 6.45) is 3.59. The van der Waals surface area contributed by atoms with Crippen molar-refractivity contribution in [3.8, 4) is 0 Å². The normalized spacial score (nSPS) is 15.0. The van der Waals surface area contributed by atoms with Gasteiger partial charge in [0.15, 0.2) is 5.58 Å². The third kappa shape index (κ3) is 3.12. The highest BCUT2D eigenvalue weighted by atomic mass is 16.5. The van der Waals surface area contributed by atoms with E-state index in [0.29, 0.717) is 6.01 Å². The number of nitrogens with zero attached hydrogens (tertiary/aromatic N) is 3.